The molecule has 5 nitrogen and oxygen atoms in total. The van der Waals surface area contributed by atoms with E-state index < -0.39 is 10.0 Å². The minimum absolute atomic E-state index is 0.225. The first-order chi connectivity index (χ1) is 9.86. The Bertz CT molecular complexity index is 602. The number of hydrogen-bond acceptors (Lipinski definition) is 5. The van der Waals surface area contributed by atoms with Crippen molar-refractivity contribution in [1.82, 2.24) is 4.31 Å². The fourth-order valence-corrected chi connectivity index (χ4v) is 4.49. The van der Waals surface area contributed by atoms with Crippen molar-refractivity contribution in [2.75, 3.05) is 31.4 Å². The molecule has 0 aromatic heterocycles. The van der Waals surface area contributed by atoms with Crippen LogP contribution in [0.2, 0.25) is 0 Å². The van der Waals surface area contributed by atoms with E-state index in [-0.39, 0.29) is 4.90 Å². The second-order valence-electron chi connectivity index (χ2n) is 5.49. The summed E-state index contributed by atoms with van der Waals surface area (Å²) in [5.41, 5.74) is 7.33. The van der Waals surface area contributed by atoms with Gasteiger partial charge in [0.05, 0.1) is 16.3 Å². The number of anilines is 2. The molecule has 21 heavy (non-hydrogen) atoms. The van der Waals surface area contributed by atoms with Gasteiger partial charge >= 0.3 is 0 Å². The predicted octanol–water partition coefficient (Wildman–Crippen LogP) is 2.22. The quantitative estimate of drug-likeness (QED) is 0.810. The molecule has 0 heterocycles. The number of sulfonamides is 1. The number of nitrogens with one attached hydrogen (secondary N) is 1. The summed E-state index contributed by atoms with van der Waals surface area (Å²) < 4.78 is 25.4. The third-order valence-corrected chi connectivity index (χ3v) is 6.88. The fraction of sp³-hybridized carbons (Fsp3) is 0.571. The van der Waals surface area contributed by atoms with E-state index in [0.717, 1.165) is 12.1 Å². The minimum atomic E-state index is -3.44. The normalized spacial score (nSPS) is 22.7. The van der Waals surface area contributed by atoms with Crippen molar-refractivity contribution in [3.63, 3.8) is 0 Å². The maximum Gasteiger partial charge on any atom is 0.242 e. The van der Waals surface area contributed by atoms with Crippen LogP contribution in [0.25, 0.3) is 0 Å². The molecule has 0 saturated heterocycles. The Morgan fingerprint density at radius 3 is 2.62 bits per heavy atom. The van der Waals surface area contributed by atoms with E-state index in [9.17, 15) is 8.42 Å². The monoisotopic (exact) mass is 329 g/mol. The van der Waals surface area contributed by atoms with Crippen LogP contribution in [0.1, 0.15) is 19.3 Å². The van der Waals surface area contributed by atoms with Crippen LogP contribution >= 0.6 is 11.8 Å². The molecule has 0 bridgehead atoms. The first-order valence-corrected chi connectivity index (χ1v) is 9.70. The third-order valence-electron chi connectivity index (χ3n) is 3.90. The summed E-state index contributed by atoms with van der Waals surface area (Å²) in [6.45, 7) is 0. The van der Waals surface area contributed by atoms with Crippen LogP contribution < -0.4 is 11.1 Å². The summed E-state index contributed by atoms with van der Waals surface area (Å²) in [6.07, 6.45) is 5.69. The molecule has 1 aromatic carbocycles. The van der Waals surface area contributed by atoms with Gasteiger partial charge < -0.3 is 11.1 Å². The lowest BCUT2D eigenvalue weighted by Gasteiger charge is -2.22. The van der Waals surface area contributed by atoms with E-state index in [1.54, 1.807) is 12.1 Å². The average Bonchev–Trinajstić information content (AvgIpc) is 2.88. The summed E-state index contributed by atoms with van der Waals surface area (Å²) in [6, 6.07) is 5.30. The SMILES string of the molecule is CSC1CCCC1Nc1ccc(S(=O)(=O)N(C)C)cc1N. The lowest BCUT2D eigenvalue weighted by Crippen LogP contribution is -2.26. The highest BCUT2D eigenvalue weighted by Crippen LogP contribution is 2.33. The molecule has 118 valence electrons. The zero-order valence-electron chi connectivity index (χ0n) is 12.7. The van der Waals surface area contributed by atoms with Crippen molar-refractivity contribution in [2.45, 2.75) is 35.4 Å². The van der Waals surface area contributed by atoms with E-state index in [1.807, 2.05) is 11.8 Å². The van der Waals surface area contributed by atoms with Gasteiger partial charge in [-0.2, -0.15) is 11.8 Å². The van der Waals surface area contributed by atoms with E-state index >= 15 is 0 Å². The minimum Gasteiger partial charge on any atom is -0.397 e. The van der Waals surface area contributed by atoms with E-state index in [0.29, 0.717) is 17.0 Å². The highest BCUT2D eigenvalue weighted by Gasteiger charge is 2.27. The number of hydrogen-bond donors (Lipinski definition) is 2. The molecule has 2 unspecified atom stereocenters. The van der Waals surface area contributed by atoms with Crippen LogP contribution in [-0.4, -0.2) is 44.4 Å². The number of nitrogens with two attached hydrogens (primary N) is 1. The molecule has 0 spiro atoms. The molecule has 2 atom stereocenters. The third kappa shape index (κ3) is 3.46. The summed E-state index contributed by atoms with van der Waals surface area (Å²) in [4.78, 5) is 0.225. The molecule has 0 aliphatic heterocycles. The van der Waals surface area contributed by atoms with Crippen molar-refractivity contribution in [3.8, 4) is 0 Å². The lowest BCUT2D eigenvalue weighted by molar-refractivity contribution is 0.521. The summed E-state index contributed by atoms with van der Waals surface area (Å²) >= 11 is 1.87. The van der Waals surface area contributed by atoms with Gasteiger partial charge in [0.1, 0.15) is 0 Å². The van der Waals surface area contributed by atoms with Crippen LogP contribution in [0, 0.1) is 0 Å². The van der Waals surface area contributed by atoms with Crippen molar-refractivity contribution in [1.29, 1.82) is 0 Å². The Balaban J connectivity index is 2.20. The van der Waals surface area contributed by atoms with Gasteiger partial charge in [-0.05, 0) is 37.3 Å². The van der Waals surface area contributed by atoms with Gasteiger partial charge in [0.15, 0.2) is 0 Å². The molecule has 0 radical (unpaired) electrons. The van der Waals surface area contributed by atoms with Gasteiger partial charge in [-0.15, -0.1) is 0 Å². The molecule has 2 rings (SSSR count). The number of thioether (sulfide) groups is 1. The maximum atomic E-state index is 12.1. The largest absolute Gasteiger partial charge is 0.397 e. The topological polar surface area (TPSA) is 75.4 Å². The van der Waals surface area contributed by atoms with E-state index in [2.05, 4.69) is 11.6 Å². The summed E-state index contributed by atoms with van der Waals surface area (Å²) in [7, 11) is -0.411. The molecule has 0 amide bonds. The van der Waals surface area contributed by atoms with Crippen LogP contribution in [0.4, 0.5) is 11.4 Å². The Morgan fingerprint density at radius 1 is 1.33 bits per heavy atom. The number of nitrogens with zero attached hydrogens (tertiary/aromatic N) is 1. The lowest BCUT2D eigenvalue weighted by atomic mass is 10.2. The van der Waals surface area contributed by atoms with E-state index in [1.165, 1.54) is 37.3 Å². The Morgan fingerprint density at radius 2 is 2.05 bits per heavy atom. The molecule has 3 N–H and O–H groups in total. The molecule has 1 saturated carbocycles. The molecule has 7 heteroatoms. The highest BCUT2D eigenvalue weighted by atomic mass is 32.2. The number of nitrogen functional groups attached to an aromatic ring is 1. The maximum absolute atomic E-state index is 12.1. The number of benzene rings is 1. The van der Waals surface area contributed by atoms with Crippen molar-refractivity contribution in [3.05, 3.63) is 18.2 Å². The van der Waals surface area contributed by atoms with Gasteiger partial charge in [0.25, 0.3) is 0 Å². The fourth-order valence-electron chi connectivity index (χ4n) is 2.62. The molecule has 1 fully saturated rings. The molecular formula is C14H23N3O2S2. The standard InChI is InChI=1S/C14H23N3O2S2/c1-17(2)21(18,19)10-7-8-12(11(15)9-10)16-13-5-4-6-14(13)20-3/h7-9,13-14,16H,4-6,15H2,1-3H3. The average molecular weight is 329 g/mol. The molecule has 1 aliphatic carbocycles. The van der Waals surface area contributed by atoms with Crippen LogP contribution in [-0.2, 0) is 10.0 Å². The van der Waals surface area contributed by atoms with Gasteiger partial charge in [-0.1, -0.05) is 6.42 Å². The first kappa shape index (κ1) is 16.5. The van der Waals surface area contributed by atoms with E-state index in [4.69, 9.17) is 5.73 Å². The second-order valence-corrected chi connectivity index (χ2v) is 8.72. The first-order valence-electron chi connectivity index (χ1n) is 6.97. The highest BCUT2D eigenvalue weighted by molar-refractivity contribution is 7.99. The molecule has 1 aromatic rings. The zero-order chi connectivity index (χ0) is 15.6. The Hall–Kier alpha value is -0.920. The predicted molar refractivity (Wildman–Crippen MR) is 90.3 cm³/mol. The smallest absolute Gasteiger partial charge is 0.242 e. The Labute approximate surface area is 131 Å². The summed E-state index contributed by atoms with van der Waals surface area (Å²) in [5.74, 6) is 0. The number of rotatable bonds is 5. The summed E-state index contributed by atoms with van der Waals surface area (Å²) in [5, 5.41) is 4.06. The van der Waals surface area contributed by atoms with Crippen molar-refractivity contribution in [2.24, 2.45) is 0 Å². The van der Waals surface area contributed by atoms with Gasteiger partial charge in [0.2, 0.25) is 10.0 Å². The molecular weight excluding hydrogens is 306 g/mol. The van der Waals surface area contributed by atoms with Gasteiger partial charge in [-0.25, -0.2) is 12.7 Å². The van der Waals surface area contributed by atoms with Crippen molar-refractivity contribution >= 4 is 33.2 Å². The van der Waals surface area contributed by atoms with Crippen LogP contribution in [0.5, 0.6) is 0 Å². The Kier molecular flexibility index (Phi) is 5.06. The van der Waals surface area contributed by atoms with Crippen LogP contribution in [0.15, 0.2) is 23.1 Å². The molecule has 1 aliphatic rings. The second kappa shape index (κ2) is 6.46. The van der Waals surface area contributed by atoms with Gasteiger partial charge in [0, 0.05) is 25.4 Å². The van der Waals surface area contributed by atoms with Crippen LogP contribution in [0.3, 0.4) is 0 Å². The zero-order valence-corrected chi connectivity index (χ0v) is 14.3. The van der Waals surface area contributed by atoms with Gasteiger partial charge in [-0.3, -0.25) is 0 Å². The van der Waals surface area contributed by atoms with Crippen molar-refractivity contribution < 1.29 is 8.42 Å².